The van der Waals surface area contributed by atoms with Gasteiger partial charge < -0.3 is 5.73 Å². The molecule has 0 aromatic carbocycles. The molecule has 3 nitrogen and oxygen atoms in total. The van der Waals surface area contributed by atoms with Crippen molar-refractivity contribution in [2.45, 2.75) is 6.54 Å². The summed E-state index contributed by atoms with van der Waals surface area (Å²) in [6.45, 7) is 3.24. The molecule has 0 saturated carbocycles. The third-order valence-electron chi connectivity index (χ3n) is 2.63. The molecule has 0 atom stereocenters. The third kappa shape index (κ3) is 3.93. The molecule has 1 fully saturated rings. The molecule has 92 valence electrons. The van der Waals surface area contributed by atoms with Gasteiger partial charge in [-0.2, -0.15) is 0 Å². The van der Waals surface area contributed by atoms with E-state index in [-0.39, 0.29) is 0 Å². The van der Waals surface area contributed by atoms with Gasteiger partial charge in [-0.25, -0.2) is 0 Å². The molecule has 2 rings (SSSR count). The van der Waals surface area contributed by atoms with Crippen LogP contribution in [0.25, 0.3) is 0 Å². The highest BCUT2D eigenvalue weighted by Gasteiger charge is 2.15. The van der Waals surface area contributed by atoms with Gasteiger partial charge in [-0.3, -0.25) is 9.11 Å². The number of rotatable bonds is 2. The van der Waals surface area contributed by atoms with Gasteiger partial charge in [0.1, 0.15) is 0 Å². The van der Waals surface area contributed by atoms with Crippen LogP contribution >= 0.6 is 11.3 Å². The molecule has 1 saturated heterocycles. The monoisotopic (exact) mass is 268 g/mol. The Morgan fingerprint density at radius 1 is 1.41 bits per heavy atom. The first-order valence-corrected chi connectivity index (χ1v) is 7.93. The zero-order chi connectivity index (χ0) is 12.1. The van der Waals surface area contributed by atoms with E-state index in [1.807, 2.05) is 6.07 Å². The molecule has 0 radical (unpaired) electrons. The Labute approximate surface area is 108 Å². The van der Waals surface area contributed by atoms with Crippen LogP contribution in [-0.2, 0) is 17.3 Å². The van der Waals surface area contributed by atoms with Gasteiger partial charge in [0, 0.05) is 46.8 Å². The number of thiophene rings is 1. The first-order chi connectivity index (χ1) is 8.28. The second kappa shape index (κ2) is 6.31. The van der Waals surface area contributed by atoms with E-state index in [0.29, 0.717) is 6.54 Å². The molecule has 1 aliphatic rings. The van der Waals surface area contributed by atoms with Crippen molar-refractivity contribution in [1.82, 2.24) is 4.90 Å². The molecule has 1 aliphatic heterocycles. The Morgan fingerprint density at radius 3 is 2.88 bits per heavy atom. The van der Waals surface area contributed by atoms with Crippen LogP contribution in [0.1, 0.15) is 9.75 Å². The van der Waals surface area contributed by atoms with Crippen LogP contribution in [0.5, 0.6) is 0 Å². The fourth-order valence-electron chi connectivity index (χ4n) is 1.72. The Hall–Kier alpha value is -0.670. The second-order valence-corrected chi connectivity index (χ2v) is 6.76. The van der Waals surface area contributed by atoms with E-state index in [1.54, 1.807) is 11.3 Å². The van der Waals surface area contributed by atoms with Gasteiger partial charge in [0.05, 0.1) is 11.4 Å². The molecule has 0 bridgehead atoms. The molecule has 0 spiro atoms. The van der Waals surface area contributed by atoms with Gasteiger partial charge in [-0.05, 0) is 12.1 Å². The Balaban J connectivity index is 1.90. The maximum absolute atomic E-state index is 11.2. The lowest BCUT2D eigenvalue weighted by Gasteiger charge is -2.25. The van der Waals surface area contributed by atoms with E-state index in [2.05, 4.69) is 22.8 Å². The summed E-state index contributed by atoms with van der Waals surface area (Å²) in [5, 5.41) is 0. The Bertz CT molecular complexity index is 449. The van der Waals surface area contributed by atoms with Crippen LogP contribution in [0.2, 0.25) is 0 Å². The standard InChI is InChI=1S/C12H16N2OS2/c13-5-1-2-11-3-4-12(16-11)10-14-6-8-17(15)9-7-14/h3-4H,5-10,13H2. The van der Waals surface area contributed by atoms with E-state index in [0.717, 1.165) is 36.0 Å². The maximum atomic E-state index is 11.2. The molecule has 0 amide bonds. The van der Waals surface area contributed by atoms with Gasteiger partial charge in [-0.15, -0.1) is 11.3 Å². The molecule has 17 heavy (non-hydrogen) atoms. The summed E-state index contributed by atoms with van der Waals surface area (Å²) >= 11 is 1.72. The lowest BCUT2D eigenvalue weighted by molar-refractivity contribution is 0.294. The first kappa shape index (κ1) is 12.8. The van der Waals surface area contributed by atoms with Crippen molar-refractivity contribution in [2.24, 2.45) is 5.73 Å². The highest BCUT2D eigenvalue weighted by molar-refractivity contribution is 7.85. The van der Waals surface area contributed by atoms with Crippen LogP contribution in [0.4, 0.5) is 0 Å². The number of hydrogen-bond acceptors (Lipinski definition) is 4. The van der Waals surface area contributed by atoms with Crippen molar-refractivity contribution < 1.29 is 4.21 Å². The van der Waals surface area contributed by atoms with Gasteiger partial charge in [0.2, 0.25) is 0 Å². The summed E-state index contributed by atoms with van der Waals surface area (Å²) in [7, 11) is -0.592. The van der Waals surface area contributed by atoms with Crippen molar-refractivity contribution in [3.8, 4) is 11.8 Å². The summed E-state index contributed by atoms with van der Waals surface area (Å²) in [4.78, 5) is 4.75. The highest BCUT2D eigenvalue weighted by atomic mass is 32.2. The van der Waals surface area contributed by atoms with Crippen molar-refractivity contribution >= 4 is 22.1 Å². The van der Waals surface area contributed by atoms with E-state index < -0.39 is 10.8 Å². The van der Waals surface area contributed by atoms with E-state index in [1.165, 1.54) is 4.88 Å². The maximum Gasteiger partial charge on any atom is 0.0772 e. The zero-order valence-electron chi connectivity index (χ0n) is 9.65. The minimum absolute atomic E-state index is 0.408. The predicted molar refractivity (Wildman–Crippen MR) is 73.4 cm³/mol. The van der Waals surface area contributed by atoms with Crippen LogP contribution in [-0.4, -0.2) is 40.2 Å². The highest BCUT2D eigenvalue weighted by Crippen LogP contribution is 2.18. The van der Waals surface area contributed by atoms with Crippen LogP contribution in [0.15, 0.2) is 12.1 Å². The summed E-state index contributed by atoms with van der Waals surface area (Å²) in [6, 6.07) is 4.17. The largest absolute Gasteiger partial charge is 0.320 e. The number of hydrogen-bond donors (Lipinski definition) is 1. The molecule has 5 heteroatoms. The molecule has 0 aliphatic carbocycles. The summed E-state index contributed by atoms with van der Waals surface area (Å²) < 4.78 is 11.2. The molecule has 1 aromatic heterocycles. The molecular weight excluding hydrogens is 252 g/mol. The minimum atomic E-state index is -0.592. The molecule has 2 heterocycles. The van der Waals surface area contributed by atoms with E-state index in [9.17, 15) is 4.21 Å². The lowest BCUT2D eigenvalue weighted by atomic mass is 10.4. The fourth-order valence-corrected chi connectivity index (χ4v) is 3.78. The predicted octanol–water partition coefficient (Wildman–Crippen LogP) is 0.623. The molecule has 1 aromatic rings. The average Bonchev–Trinajstić information content (AvgIpc) is 2.77. The van der Waals surface area contributed by atoms with E-state index in [4.69, 9.17) is 5.73 Å². The summed E-state index contributed by atoms with van der Waals surface area (Å²) in [5.74, 6) is 7.53. The minimum Gasteiger partial charge on any atom is -0.320 e. The van der Waals surface area contributed by atoms with Crippen LogP contribution in [0.3, 0.4) is 0 Å². The quantitative estimate of drug-likeness (QED) is 0.800. The van der Waals surface area contributed by atoms with Gasteiger partial charge >= 0.3 is 0 Å². The smallest absolute Gasteiger partial charge is 0.0772 e. The SMILES string of the molecule is NCC#Cc1ccc(CN2CCS(=O)CC2)s1. The van der Waals surface area contributed by atoms with E-state index >= 15 is 0 Å². The normalized spacial score (nSPS) is 17.7. The van der Waals surface area contributed by atoms with Crippen molar-refractivity contribution in [1.29, 1.82) is 0 Å². The molecule has 0 unspecified atom stereocenters. The molecule has 2 N–H and O–H groups in total. The Morgan fingerprint density at radius 2 is 2.18 bits per heavy atom. The van der Waals surface area contributed by atoms with Gasteiger partial charge in [-0.1, -0.05) is 11.8 Å². The van der Waals surface area contributed by atoms with Gasteiger partial charge in [0.15, 0.2) is 0 Å². The second-order valence-electron chi connectivity index (χ2n) is 3.90. The number of nitrogens with two attached hydrogens (primary N) is 1. The average molecular weight is 268 g/mol. The summed E-state index contributed by atoms with van der Waals surface area (Å²) in [6.07, 6.45) is 0. The Kier molecular flexibility index (Phi) is 4.75. The summed E-state index contributed by atoms with van der Waals surface area (Å²) in [5.41, 5.74) is 5.34. The topological polar surface area (TPSA) is 46.3 Å². The molecular formula is C12H16N2OS2. The van der Waals surface area contributed by atoms with Crippen LogP contribution in [0, 0.1) is 11.8 Å². The number of nitrogens with zero attached hydrogens (tertiary/aromatic N) is 1. The lowest BCUT2D eigenvalue weighted by Crippen LogP contribution is -2.36. The van der Waals surface area contributed by atoms with Crippen molar-refractivity contribution in [3.63, 3.8) is 0 Å². The zero-order valence-corrected chi connectivity index (χ0v) is 11.3. The third-order valence-corrected chi connectivity index (χ3v) is 4.89. The van der Waals surface area contributed by atoms with Crippen molar-refractivity contribution in [2.75, 3.05) is 31.1 Å². The van der Waals surface area contributed by atoms with Gasteiger partial charge in [0.25, 0.3) is 0 Å². The first-order valence-electron chi connectivity index (χ1n) is 5.63. The fraction of sp³-hybridized carbons (Fsp3) is 0.500. The van der Waals surface area contributed by atoms with Crippen LogP contribution < -0.4 is 5.73 Å². The van der Waals surface area contributed by atoms with Crippen molar-refractivity contribution in [3.05, 3.63) is 21.9 Å².